The smallest absolute Gasteiger partial charge is 0.187 e. The molecule has 0 atom stereocenters. The monoisotopic (exact) mass is 326 g/mol. The molecule has 1 saturated carbocycles. The highest BCUT2D eigenvalue weighted by Gasteiger charge is 2.14. The van der Waals surface area contributed by atoms with Crippen molar-refractivity contribution in [3.8, 4) is 0 Å². The van der Waals surface area contributed by atoms with Gasteiger partial charge in [-0.25, -0.2) is 4.98 Å². The summed E-state index contributed by atoms with van der Waals surface area (Å²) < 4.78 is 0. The van der Waals surface area contributed by atoms with Gasteiger partial charge in [0.25, 0.3) is 0 Å². The first-order chi connectivity index (χ1) is 11.2. The number of pyridine rings is 1. The van der Waals surface area contributed by atoms with Crippen molar-refractivity contribution in [2.24, 2.45) is 0 Å². The Morgan fingerprint density at radius 2 is 1.96 bits per heavy atom. The first-order valence-corrected chi connectivity index (χ1v) is 8.30. The van der Waals surface area contributed by atoms with Gasteiger partial charge in [-0.3, -0.25) is 4.79 Å². The first-order valence-electron chi connectivity index (χ1n) is 7.92. The van der Waals surface area contributed by atoms with Gasteiger partial charge in [0.15, 0.2) is 5.78 Å². The number of ketones is 1. The third-order valence-corrected chi connectivity index (χ3v) is 4.42. The largest absolute Gasteiger partial charge is 0.367 e. The van der Waals surface area contributed by atoms with Gasteiger partial charge >= 0.3 is 0 Å². The van der Waals surface area contributed by atoms with Crippen molar-refractivity contribution in [1.82, 2.24) is 4.98 Å². The number of halogens is 1. The number of hydrogen-bond donors (Lipinski definition) is 1. The maximum absolute atomic E-state index is 12.2. The third kappa shape index (κ3) is 4.20. The quantitative estimate of drug-likeness (QED) is 0.622. The number of nitrogens with one attached hydrogen (secondary N) is 1. The molecule has 3 nitrogen and oxygen atoms in total. The van der Waals surface area contributed by atoms with E-state index >= 15 is 0 Å². The normalized spacial score (nSPS) is 15.2. The zero-order valence-electron chi connectivity index (χ0n) is 12.8. The van der Waals surface area contributed by atoms with Crippen LogP contribution in [0.15, 0.2) is 48.7 Å². The number of benzene rings is 1. The molecule has 118 valence electrons. The average Bonchev–Trinajstić information content (AvgIpc) is 3.07. The number of hydrogen-bond acceptors (Lipinski definition) is 3. The molecule has 0 spiro atoms. The van der Waals surface area contributed by atoms with Gasteiger partial charge in [0.2, 0.25) is 0 Å². The van der Waals surface area contributed by atoms with Crippen LogP contribution in [0, 0.1) is 0 Å². The zero-order valence-corrected chi connectivity index (χ0v) is 13.6. The molecule has 3 rings (SSSR count). The van der Waals surface area contributed by atoms with Crippen molar-refractivity contribution in [2.45, 2.75) is 31.7 Å². The molecule has 1 fully saturated rings. The molecule has 0 saturated heterocycles. The van der Waals surface area contributed by atoms with E-state index in [0.29, 0.717) is 16.6 Å². The van der Waals surface area contributed by atoms with Gasteiger partial charge < -0.3 is 5.32 Å². The molecular weight excluding hydrogens is 308 g/mol. The summed E-state index contributed by atoms with van der Waals surface area (Å²) in [6.45, 7) is 0. The second-order valence-electron chi connectivity index (χ2n) is 5.78. The summed E-state index contributed by atoms with van der Waals surface area (Å²) in [5, 5.41) is 4.04. The second-order valence-corrected chi connectivity index (χ2v) is 6.18. The van der Waals surface area contributed by atoms with E-state index in [4.69, 9.17) is 11.6 Å². The lowest BCUT2D eigenvalue weighted by atomic mass is 10.1. The van der Waals surface area contributed by atoms with Crippen LogP contribution in [0.5, 0.6) is 0 Å². The van der Waals surface area contributed by atoms with E-state index in [1.807, 2.05) is 30.3 Å². The summed E-state index contributed by atoms with van der Waals surface area (Å²) in [6, 6.07) is 11.6. The lowest BCUT2D eigenvalue weighted by Gasteiger charge is -2.12. The molecule has 1 N–H and O–H groups in total. The fraction of sp³-hybridized carbons (Fsp3) is 0.263. The van der Waals surface area contributed by atoms with Crippen LogP contribution in [0.25, 0.3) is 6.08 Å². The van der Waals surface area contributed by atoms with Gasteiger partial charge in [0.1, 0.15) is 5.82 Å². The predicted molar refractivity (Wildman–Crippen MR) is 94.9 cm³/mol. The summed E-state index contributed by atoms with van der Waals surface area (Å²) >= 11 is 6.07. The van der Waals surface area contributed by atoms with Crippen molar-refractivity contribution in [3.63, 3.8) is 0 Å². The van der Waals surface area contributed by atoms with E-state index in [9.17, 15) is 4.79 Å². The number of anilines is 1. The van der Waals surface area contributed by atoms with Crippen LogP contribution in [0.4, 0.5) is 5.82 Å². The SMILES string of the molecule is O=C(/C=C/c1ccccc1Cl)c1ccc(NC2CCCC2)nc1. The van der Waals surface area contributed by atoms with Crippen molar-refractivity contribution in [3.05, 3.63) is 64.8 Å². The maximum Gasteiger partial charge on any atom is 0.187 e. The minimum Gasteiger partial charge on any atom is -0.367 e. The van der Waals surface area contributed by atoms with Gasteiger partial charge in [0, 0.05) is 22.8 Å². The molecular formula is C19H19ClN2O. The Kier molecular flexibility index (Phi) is 5.09. The Labute approximate surface area is 141 Å². The first kappa shape index (κ1) is 15.8. The van der Waals surface area contributed by atoms with Gasteiger partial charge in [-0.05, 0) is 48.8 Å². The van der Waals surface area contributed by atoms with E-state index < -0.39 is 0 Å². The van der Waals surface area contributed by atoms with Crippen LogP contribution in [-0.2, 0) is 0 Å². The number of aromatic nitrogens is 1. The van der Waals surface area contributed by atoms with Gasteiger partial charge in [-0.15, -0.1) is 0 Å². The van der Waals surface area contributed by atoms with Crippen LogP contribution in [0.1, 0.15) is 41.6 Å². The molecule has 1 aliphatic carbocycles. The summed E-state index contributed by atoms with van der Waals surface area (Å²) in [4.78, 5) is 16.5. The molecule has 2 aromatic rings. The van der Waals surface area contributed by atoms with E-state index in [0.717, 1.165) is 11.4 Å². The Hall–Kier alpha value is -2.13. The zero-order chi connectivity index (χ0) is 16.1. The topological polar surface area (TPSA) is 42.0 Å². The average molecular weight is 327 g/mol. The molecule has 4 heteroatoms. The lowest BCUT2D eigenvalue weighted by molar-refractivity contribution is 0.104. The summed E-state index contributed by atoms with van der Waals surface area (Å²) in [6.07, 6.45) is 9.84. The van der Waals surface area contributed by atoms with Crippen molar-refractivity contribution in [1.29, 1.82) is 0 Å². The van der Waals surface area contributed by atoms with Crippen LogP contribution >= 0.6 is 11.6 Å². The van der Waals surface area contributed by atoms with Crippen LogP contribution in [0.3, 0.4) is 0 Å². The van der Waals surface area contributed by atoms with E-state index in [1.165, 1.54) is 31.8 Å². The summed E-state index contributed by atoms with van der Waals surface area (Å²) in [5.74, 6) is 0.758. The molecule has 1 aromatic carbocycles. The molecule has 1 aromatic heterocycles. The third-order valence-electron chi connectivity index (χ3n) is 4.07. The number of allylic oxidation sites excluding steroid dienone is 1. The lowest BCUT2D eigenvalue weighted by Crippen LogP contribution is -2.15. The summed E-state index contributed by atoms with van der Waals surface area (Å²) in [5.41, 5.74) is 1.40. The van der Waals surface area contributed by atoms with E-state index in [-0.39, 0.29) is 5.78 Å². The minimum atomic E-state index is -0.0789. The van der Waals surface area contributed by atoms with Gasteiger partial charge in [0.05, 0.1) is 0 Å². The van der Waals surface area contributed by atoms with E-state index in [1.54, 1.807) is 18.3 Å². The second kappa shape index (κ2) is 7.42. The molecule has 23 heavy (non-hydrogen) atoms. The van der Waals surface area contributed by atoms with Crippen LogP contribution in [-0.4, -0.2) is 16.8 Å². The van der Waals surface area contributed by atoms with Crippen molar-refractivity contribution < 1.29 is 4.79 Å². The number of rotatable bonds is 5. The Bertz CT molecular complexity index is 704. The Morgan fingerprint density at radius 3 is 2.65 bits per heavy atom. The Morgan fingerprint density at radius 1 is 1.17 bits per heavy atom. The van der Waals surface area contributed by atoms with Crippen LogP contribution in [0.2, 0.25) is 5.02 Å². The fourth-order valence-corrected chi connectivity index (χ4v) is 2.97. The summed E-state index contributed by atoms with van der Waals surface area (Å²) in [7, 11) is 0. The maximum atomic E-state index is 12.2. The van der Waals surface area contributed by atoms with Gasteiger partial charge in [-0.2, -0.15) is 0 Å². The number of nitrogens with zero attached hydrogens (tertiary/aromatic N) is 1. The Balaban J connectivity index is 1.64. The highest BCUT2D eigenvalue weighted by molar-refractivity contribution is 6.32. The van der Waals surface area contributed by atoms with Gasteiger partial charge in [-0.1, -0.05) is 42.6 Å². The number of carbonyl (C=O) groups is 1. The molecule has 0 bridgehead atoms. The standard InChI is InChI=1S/C19H19ClN2O/c20-17-8-4-1-5-14(17)9-11-18(23)15-10-12-19(21-13-15)22-16-6-2-3-7-16/h1,4-5,8-13,16H,2-3,6-7H2,(H,21,22)/b11-9+. The molecule has 0 amide bonds. The minimum absolute atomic E-state index is 0.0789. The molecule has 0 unspecified atom stereocenters. The fourth-order valence-electron chi connectivity index (χ4n) is 2.78. The van der Waals surface area contributed by atoms with Crippen molar-refractivity contribution >= 4 is 29.3 Å². The molecule has 0 aliphatic heterocycles. The van der Waals surface area contributed by atoms with Crippen molar-refractivity contribution in [2.75, 3.05) is 5.32 Å². The highest BCUT2D eigenvalue weighted by atomic mass is 35.5. The molecule has 1 heterocycles. The number of carbonyl (C=O) groups excluding carboxylic acids is 1. The van der Waals surface area contributed by atoms with Crippen LogP contribution < -0.4 is 5.32 Å². The highest BCUT2D eigenvalue weighted by Crippen LogP contribution is 2.21. The molecule has 0 radical (unpaired) electrons. The molecule has 1 aliphatic rings. The predicted octanol–water partition coefficient (Wildman–Crippen LogP) is 4.99. The van der Waals surface area contributed by atoms with E-state index in [2.05, 4.69) is 10.3 Å².